The molecule has 4 heteroatoms. The van der Waals surface area contributed by atoms with E-state index in [1.54, 1.807) is 0 Å². The fourth-order valence-electron chi connectivity index (χ4n) is 2.30. The van der Waals surface area contributed by atoms with Crippen LogP contribution in [0.2, 0.25) is 0 Å². The number of alkyl halides is 1. The maximum absolute atomic E-state index is 14.0. The Morgan fingerprint density at radius 3 is 2.74 bits per heavy atom. The Morgan fingerprint density at radius 1 is 1.32 bits per heavy atom. The number of halogens is 2. The number of hydrogen-bond acceptors (Lipinski definition) is 1. The molecule has 1 unspecified atom stereocenters. The van der Waals surface area contributed by atoms with Gasteiger partial charge in [0.05, 0.1) is 5.38 Å². The highest BCUT2D eigenvalue weighted by Gasteiger charge is 2.20. The summed E-state index contributed by atoms with van der Waals surface area (Å²) < 4.78 is 14.0. The highest BCUT2D eigenvalue weighted by atomic mass is 35.5. The van der Waals surface area contributed by atoms with E-state index in [1.807, 2.05) is 6.07 Å². The molecule has 1 atom stereocenters. The third-order valence-electron chi connectivity index (χ3n) is 3.45. The Labute approximate surface area is 118 Å². The molecule has 0 spiro atoms. The van der Waals surface area contributed by atoms with E-state index in [-0.39, 0.29) is 17.1 Å². The summed E-state index contributed by atoms with van der Waals surface area (Å²) in [6, 6.07) is 3.20. The SMILES string of the molecule is CC(C)CCC(Cl)c1cc2c(cc1F)NC(=O)CC2. The third kappa shape index (κ3) is 3.47. The standard InChI is InChI=1S/C15H19ClFNO/c1-9(2)3-5-12(16)11-7-10-4-6-15(19)18-14(10)8-13(11)17/h7-9,12H,3-6H2,1-2H3,(H,18,19). The Kier molecular flexibility index (Phi) is 4.46. The van der Waals surface area contributed by atoms with Crippen molar-refractivity contribution in [3.8, 4) is 0 Å². The van der Waals surface area contributed by atoms with Crippen molar-refractivity contribution in [3.05, 3.63) is 29.1 Å². The van der Waals surface area contributed by atoms with Gasteiger partial charge in [-0.15, -0.1) is 11.6 Å². The van der Waals surface area contributed by atoms with Gasteiger partial charge in [-0.05, 0) is 42.9 Å². The summed E-state index contributed by atoms with van der Waals surface area (Å²) >= 11 is 6.30. The van der Waals surface area contributed by atoms with Gasteiger partial charge in [0.25, 0.3) is 0 Å². The molecule has 1 aliphatic heterocycles. The van der Waals surface area contributed by atoms with E-state index in [9.17, 15) is 9.18 Å². The minimum absolute atomic E-state index is 0.0538. The zero-order valence-electron chi connectivity index (χ0n) is 11.3. The first-order valence-electron chi connectivity index (χ1n) is 6.73. The lowest BCUT2D eigenvalue weighted by molar-refractivity contribution is -0.116. The second-order valence-electron chi connectivity index (χ2n) is 5.52. The van der Waals surface area contributed by atoms with Gasteiger partial charge in [-0.3, -0.25) is 4.79 Å². The molecule has 0 saturated carbocycles. The number of rotatable bonds is 4. The van der Waals surface area contributed by atoms with Crippen molar-refractivity contribution in [1.82, 2.24) is 0 Å². The maximum Gasteiger partial charge on any atom is 0.224 e. The molecule has 0 aromatic heterocycles. The molecule has 1 aromatic rings. The van der Waals surface area contributed by atoms with Crippen LogP contribution in [0.3, 0.4) is 0 Å². The van der Waals surface area contributed by atoms with E-state index in [1.165, 1.54) is 6.07 Å². The predicted molar refractivity (Wildman–Crippen MR) is 76.0 cm³/mol. The summed E-state index contributed by atoms with van der Waals surface area (Å²) in [4.78, 5) is 11.3. The van der Waals surface area contributed by atoms with Gasteiger partial charge < -0.3 is 5.32 Å². The molecular formula is C15H19ClFNO. The van der Waals surface area contributed by atoms with Crippen LogP contribution in [-0.2, 0) is 11.2 Å². The molecule has 0 bridgehead atoms. The lowest BCUT2D eigenvalue weighted by Crippen LogP contribution is -2.19. The molecule has 104 valence electrons. The number of aryl methyl sites for hydroxylation is 1. The summed E-state index contributed by atoms with van der Waals surface area (Å²) in [7, 11) is 0. The number of anilines is 1. The van der Waals surface area contributed by atoms with Crippen LogP contribution in [0.1, 0.15) is 49.6 Å². The zero-order chi connectivity index (χ0) is 14.0. The molecule has 1 heterocycles. The van der Waals surface area contributed by atoms with Crippen molar-refractivity contribution in [2.24, 2.45) is 5.92 Å². The molecule has 2 nitrogen and oxygen atoms in total. The van der Waals surface area contributed by atoms with Gasteiger partial charge in [0.15, 0.2) is 0 Å². The van der Waals surface area contributed by atoms with Gasteiger partial charge in [-0.25, -0.2) is 4.39 Å². The smallest absolute Gasteiger partial charge is 0.224 e. The molecule has 2 rings (SSSR count). The van der Waals surface area contributed by atoms with Crippen molar-refractivity contribution >= 4 is 23.2 Å². The monoisotopic (exact) mass is 283 g/mol. The quantitative estimate of drug-likeness (QED) is 0.814. The van der Waals surface area contributed by atoms with Crippen LogP contribution < -0.4 is 5.32 Å². The highest BCUT2D eigenvalue weighted by Crippen LogP contribution is 2.34. The van der Waals surface area contributed by atoms with Crippen molar-refractivity contribution in [3.63, 3.8) is 0 Å². The lowest BCUT2D eigenvalue weighted by Gasteiger charge is -2.20. The summed E-state index contributed by atoms with van der Waals surface area (Å²) in [5.41, 5.74) is 2.12. The molecule has 0 saturated heterocycles. The first kappa shape index (κ1) is 14.3. The van der Waals surface area contributed by atoms with Gasteiger partial charge in [0.2, 0.25) is 5.91 Å². The van der Waals surface area contributed by atoms with Crippen molar-refractivity contribution in [2.45, 2.75) is 44.9 Å². The average molecular weight is 284 g/mol. The van der Waals surface area contributed by atoms with Crippen LogP contribution in [0.5, 0.6) is 0 Å². The van der Waals surface area contributed by atoms with Gasteiger partial charge in [0, 0.05) is 17.7 Å². The van der Waals surface area contributed by atoms with E-state index >= 15 is 0 Å². The minimum Gasteiger partial charge on any atom is -0.326 e. The van der Waals surface area contributed by atoms with E-state index < -0.39 is 0 Å². The van der Waals surface area contributed by atoms with Gasteiger partial charge in [0.1, 0.15) is 5.82 Å². The summed E-state index contributed by atoms with van der Waals surface area (Å²) in [5, 5.41) is 2.39. The zero-order valence-corrected chi connectivity index (χ0v) is 12.1. The third-order valence-corrected chi connectivity index (χ3v) is 3.91. The fraction of sp³-hybridized carbons (Fsp3) is 0.533. The number of carbonyl (C=O) groups excluding carboxylic acids is 1. The Hall–Kier alpha value is -1.09. The van der Waals surface area contributed by atoms with Crippen LogP contribution >= 0.6 is 11.6 Å². The lowest BCUT2D eigenvalue weighted by atomic mass is 9.96. The summed E-state index contributed by atoms with van der Waals surface area (Å²) in [5.74, 6) is 0.174. The molecule has 0 aliphatic carbocycles. The normalized spacial score (nSPS) is 16.2. The second kappa shape index (κ2) is 5.91. The fourth-order valence-corrected chi connectivity index (χ4v) is 2.59. The number of benzene rings is 1. The van der Waals surface area contributed by atoms with Crippen LogP contribution in [-0.4, -0.2) is 5.91 Å². The van der Waals surface area contributed by atoms with E-state index in [0.29, 0.717) is 30.0 Å². The first-order chi connectivity index (χ1) is 8.97. The minimum atomic E-state index is -0.329. The van der Waals surface area contributed by atoms with Crippen molar-refractivity contribution in [1.29, 1.82) is 0 Å². The molecule has 0 radical (unpaired) electrons. The van der Waals surface area contributed by atoms with Gasteiger partial charge in [-0.2, -0.15) is 0 Å². The topological polar surface area (TPSA) is 29.1 Å². The second-order valence-corrected chi connectivity index (χ2v) is 6.04. The number of fused-ring (bicyclic) bond motifs is 1. The van der Waals surface area contributed by atoms with E-state index in [0.717, 1.165) is 18.4 Å². The molecule has 19 heavy (non-hydrogen) atoms. The molecule has 1 aliphatic rings. The largest absolute Gasteiger partial charge is 0.326 e. The Balaban J connectivity index is 2.20. The predicted octanol–water partition coefficient (Wildman–Crippen LogP) is 4.43. The van der Waals surface area contributed by atoms with Crippen molar-refractivity contribution in [2.75, 3.05) is 5.32 Å². The number of carbonyl (C=O) groups is 1. The highest BCUT2D eigenvalue weighted by molar-refractivity contribution is 6.20. The van der Waals surface area contributed by atoms with E-state index in [4.69, 9.17) is 11.6 Å². The molecular weight excluding hydrogens is 265 g/mol. The summed E-state index contributed by atoms with van der Waals surface area (Å²) in [6.07, 6.45) is 2.85. The van der Waals surface area contributed by atoms with Crippen LogP contribution in [0.25, 0.3) is 0 Å². The molecule has 1 N–H and O–H groups in total. The Morgan fingerprint density at radius 2 is 2.05 bits per heavy atom. The summed E-state index contributed by atoms with van der Waals surface area (Å²) in [6.45, 7) is 4.25. The number of amides is 1. The first-order valence-corrected chi connectivity index (χ1v) is 7.17. The van der Waals surface area contributed by atoms with Crippen molar-refractivity contribution < 1.29 is 9.18 Å². The van der Waals surface area contributed by atoms with Crippen LogP contribution in [0.4, 0.5) is 10.1 Å². The Bertz CT molecular complexity index is 487. The average Bonchev–Trinajstić information content (AvgIpc) is 2.35. The molecule has 0 fully saturated rings. The van der Waals surface area contributed by atoms with Crippen LogP contribution in [0.15, 0.2) is 12.1 Å². The number of hydrogen-bond donors (Lipinski definition) is 1. The van der Waals surface area contributed by atoms with Gasteiger partial charge in [-0.1, -0.05) is 13.8 Å². The van der Waals surface area contributed by atoms with Gasteiger partial charge >= 0.3 is 0 Å². The van der Waals surface area contributed by atoms with Crippen LogP contribution in [0, 0.1) is 11.7 Å². The molecule has 1 aromatic carbocycles. The van der Waals surface area contributed by atoms with E-state index in [2.05, 4.69) is 19.2 Å². The molecule has 1 amide bonds. The maximum atomic E-state index is 14.0. The number of nitrogens with one attached hydrogen (secondary N) is 1.